The van der Waals surface area contributed by atoms with Crippen LogP contribution in [0.4, 0.5) is 4.39 Å². The summed E-state index contributed by atoms with van der Waals surface area (Å²) in [7, 11) is 3.49. The molecule has 5 nitrogen and oxygen atoms in total. The number of carbonyl (C=O) groups is 1. The summed E-state index contributed by atoms with van der Waals surface area (Å²) in [6.07, 6.45) is 3.59. The van der Waals surface area contributed by atoms with Gasteiger partial charge < -0.3 is 4.90 Å². The molecule has 1 aromatic heterocycles. The van der Waals surface area contributed by atoms with Crippen molar-refractivity contribution in [2.24, 2.45) is 5.92 Å². The van der Waals surface area contributed by atoms with Gasteiger partial charge in [0.15, 0.2) is 0 Å². The molecule has 0 saturated heterocycles. The first-order valence-electron chi connectivity index (χ1n) is 7.60. The largest absolute Gasteiger partial charge is 0.348 e. The number of nitrogens with one attached hydrogen (secondary N) is 1. The topological polar surface area (TPSA) is 61.9 Å². The molecule has 1 N–H and O–H groups in total. The maximum Gasteiger partial charge on any atom is 0.235 e. The van der Waals surface area contributed by atoms with E-state index in [4.69, 9.17) is 0 Å². The lowest BCUT2D eigenvalue weighted by Gasteiger charge is -2.21. The molecule has 1 aromatic carbocycles. The van der Waals surface area contributed by atoms with Crippen LogP contribution in [0.1, 0.15) is 25.2 Å². The molecule has 2 rings (SSSR count). The van der Waals surface area contributed by atoms with E-state index in [9.17, 15) is 9.18 Å². The maximum atomic E-state index is 12.9. The van der Waals surface area contributed by atoms with E-state index in [0.29, 0.717) is 11.0 Å². The van der Waals surface area contributed by atoms with Gasteiger partial charge in [0, 0.05) is 14.1 Å². The number of aromatic nitrogens is 3. The fourth-order valence-corrected chi connectivity index (χ4v) is 3.03. The highest BCUT2D eigenvalue weighted by Gasteiger charge is 2.26. The second-order valence-corrected chi connectivity index (χ2v) is 7.01. The Morgan fingerprint density at radius 1 is 1.25 bits per heavy atom. The van der Waals surface area contributed by atoms with Crippen LogP contribution in [0.3, 0.4) is 0 Å². The summed E-state index contributed by atoms with van der Waals surface area (Å²) >= 11 is 1.35. The number of rotatable bonds is 6. The summed E-state index contributed by atoms with van der Waals surface area (Å²) in [6.45, 7) is 4.00. The zero-order chi connectivity index (χ0) is 17.7. The maximum absolute atomic E-state index is 12.9. The van der Waals surface area contributed by atoms with Crippen LogP contribution >= 0.6 is 11.8 Å². The van der Waals surface area contributed by atoms with Crippen LogP contribution in [0.5, 0.6) is 0 Å². The molecule has 1 heterocycles. The Balaban J connectivity index is 2.06. The quantitative estimate of drug-likeness (QED) is 0.814. The summed E-state index contributed by atoms with van der Waals surface area (Å²) in [6, 6.07) is 6.17. The summed E-state index contributed by atoms with van der Waals surface area (Å²) < 4.78 is 12.9. The Hall–Kier alpha value is -2.15. The summed E-state index contributed by atoms with van der Waals surface area (Å²) in [5.41, 5.74) is 0.866. The first-order valence-corrected chi connectivity index (χ1v) is 8.48. The predicted octanol–water partition coefficient (Wildman–Crippen LogP) is 3.32. The molecule has 0 aliphatic rings. The van der Waals surface area contributed by atoms with Crippen LogP contribution in [0.15, 0.2) is 29.4 Å². The van der Waals surface area contributed by atoms with E-state index in [1.165, 1.54) is 23.9 Å². The van der Waals surface area contributed by atoms with Gasteiger partial charge in [-0.3, -0.25) is 9.89 Å². The number of nitrogens with zero attached hydrogens (tertiary/aromatic N) is 3. The Bertz CT molecular complexity index is 710. The molecular formula is C17H21FN4OS. The van der Waals surface area contributed by atoms with Crippen LogP contribution in [0.2, 0.25) is 0 Å². The first kappa shape index (κ1) is 18.2. The number of hydrogen-bond acceptors (Lipinski definition) is 4. The molecule has 0 radical (unpaired) electrons. The smallest absolute Gasteiger partial charge is 0.235 e. The highest BCUT2D eigenvalue weighted by molar-refractivity contribution is 8.00. The van der Waals surface area contributed by atoms with Crippen molar-refractivity contribution in [1.82, 2.24) is 20.1 Å². The molecule has 0 fully saturated rings. The van der Waals surface area contributed by atoms with Crippen molar-refractivity contribution in [1.29, 1.82) is 0 Å². The molecular weight excluding hydrogens is 327 g/mol. The van der Waals surface area contributed by atoms with Crippen LogP contribution in [0, 0.1) is 11.7 Å². The monoisotopic (exact) mass is 348 g/mol. The van der Waals surface area contributed by atoms with Crippen LogP contribution in [-0.2, 0) is 4.79 Å². The summed E-state index contributed by atoms with van der Waals surface area (Å²) in [4.78, 5) is 18.2. The zero-order valence-corrected chi connectivity index (χ0v) is 15.0. The van der Waals surface area contributed by atoms with Gasteiger partial charge in [-0.15, -0.1) is 5.10 Å². The molecule has 1 amide bonds. The Kier molecular flexibility index (Phi) is 6.14. The molecule has 0 aliphatic carbocycles. The van der Waals surface area contributed by atoms with Crippen molar-refractivity contribution in [2.75, 3.05) is 14.1 Å². The van der Waals surface area contributed by atoms with Crippen molar-refractivity contribution in [2.45, 2.75) is 24.3 Å². The van der Waals surface area contributed by atoms with Gasteiger partial charge >= 0.3 is 0 Å². The normalized spacial score (nSPS) is 12.8. The van der Waals surface area contributed by atoms with E-state index >= 15 is 0 Å². The van der Waals surface area contributed by atoms with E-state index in [1.54, 1.807) is 37.2 Å². The van der Waals surface area contributed by atoms with Gasteiger partial charge in [-0.2, -0.15) is 0 Å². The average Bonchev–Trinajstić information content (AvgIpc) is 2.98. The highest BCUT2D eigenvalue weighted by atomic mass is 32.2. The minimum Gasteiger partial charge on any atom is -0.348 e. The second kappa shape index (κ2) is 8.10. The Labute approximate surface area is 145 Å². The van der Waals surface area contributed by atoms with E-state index in [2.05, 4.69) is 15.2 Å². The van der Waals surface area contributed by atoms with Crippen LogP contribution in [0.25, 0.3) is 12.2 Å². The number of benzene rings is 1. The lowest BCUT2D eigenvalue weighted by Crippen LogP contribution is -2.34. The van der Waals surface area contributed by atoms with Crippen LogP contribution in [-0.4, -0.2) is 45.3 Å². The summed E-state index contributed by atoms with van der Waals surface area (Å²) in [5, 5.41) is 7.28. The van der Waals surface area contributed by atoms with E-state index in [1.807, 2.05) is 19.9 Å². The zero-order valence-electron chi connectivity index (χ0n) is 14.2. The number of H-pyrrole nitrogens is 1. The lowest BCUT2D eigenvalue weighted by atomic mass is 10.1. The van der Waals surface area contributed by atoms with Gasteiger partial charge in [0.25, 0.3) is 0 Å². The van der Waals surface area contributed by atoms with E-state index in [0.717, 1.165) is 5.56 Å². The van der Waals surface area contributed by atoms with Gasteiger partial charge in [0.05, 0.1) is 5.25 Å². The molecule has 0 bridgehead atoms. The molecule has 2 aromatic rings. The first-order chi connectivity index (χ1) is 11.4. The van der Waals surface area contributed by atoms with Crippen molar-refractivity contribution in [3.8, 4) is 0 Å². The van der Waals surface area contributed by atoms with Gasteiger partial charge in [0.2, 0.25) is 11.1 Å². The minimum atomic E-state index is -0.268. The molecule has 128 valence electrons. The molecule has 1 atom stereocenters. The molecule has 7 heteroatoms. The number of amides is 1. The highest BCUT2D eigenvalue weighted by Crippen LogP contribution is 2.26. The third-order valence-corrected chi connectivity index (χ3v) is 4.70. The number of halogens is 1. The molecule has 0 saturated carbocycles. The number of aromatic amines is 1. The molecule has 0 aliphatic heterocycles. The predicted molar refractivity (Wildman–Crippen MR) is 94.9 cm³/mol. The molecule has 0 unspecified atom stereocenters. The van der Waals surface area contributed by atoms with Gasteiger partial charge in [-0.25, -0.2) is 9.37 Å². The van der Waals surface area contributed by atoms with Crippen molar-refractivity contribution >= 4 is 29.8 Å². The second-order valence-electron chi connectivity index (χ2n) is 5.90. The molecule has 24 heavy (non-hydrogen) atoms. The lowest BCUT2D eigenvalue weighted by molar-refractivity contribution is -0.128. The summed E-state index contributed by atoms with van der Waals surface area (Å²) in [5.74, 6) is 0.530. The number of hydrogen-bond donors (Lipinski definition) is 1. The van der Waals surface area contributed by atoms with Crippen molar-refractivity contribution in [3.63, 3.8) is 0 Å². The fourth-order valence-electron chi connectivity index (χ4n) is 1.97. The Morgan fingerprint density at radius 2 is 1.92 bits per heavy atom. The third kappa shape index (κ3) is 4.92. The number of thioether (sulfide) groups is 1. The third-order valence-electron chi connectivity index (χ3n) is 3.31. The van der Waals surface area contributed by atoms with Crippen LogP contribution < -0.4 is 0 Å². The molecule has 0 spiro atoms. The average molecular weight is 348 g/mol. The minimum absolute atomic E-state index is 0.0446. The number of carbonyl (C=O) groups excluding carboxylic acids is 1. The standard InChI is InChI=1S/C17H21FN4OS/c1-11(2)15(16(23)22(3)4)24-17-19-14(20-21-17)10-7-12-5-8-13(18)9-6-12/h5-11,15H,1-4H3,(H,19,20,21)/b10-7-/t15-/m1/s1. The Morgan fingerprint density at radius 3 is 2.50 bits per heavy atom. The van der Waals surface area contributed by atoms with Crippen molar-refractivity contribution < 1.29 is 9.18 Å². The van der Waals surface area contributed by atoms with E-state index < -0.39 is 0 Å². The van der Waals surface area contributed by atoms with Gasteiger partial charge in [-0.1, -0.05) is 43.8 Å². The fraction of sp³-hybridized carbons (Fsp3) is 0.353. The van der Waals surface area contributed by atoms with Gasteiger partial charge in [-0.05, 0) is 29.7 Å². The van der Waals surface area contributed by atoms with Crippen molar-refractivity contribution in [3.05, 3.63) is 41.5 Å². The van der Waals surface area contributed by atoms with E-state index in [-0.39, 0.29) is 22.9 Å². The SMILES string of the molecule is CC(C)[C@@H](Sc1n[nH]c(/C=C\c2ccc(F)cc2)n1)C(=O)N(C)C. The van der Waals surface area contributed by atoms with Gasteiger partial charge in [0.1, 0.15) is 11.6 Å².